The molecule has 2 atom stereocenters. The van der Waals surface area contributed by atoms with Gasteiger partial charge in [-0.05, 0) is 36.5 Å². The molecule has 1 fully saturated rings. The van der Waals surface area contributed by atoms with E-state index in [0.717, 1.165) is 12.5 Å². The van der Waals surface area contributed by atoms with Crippen LogP contribution < -0.4 is 5.14 Å². The van der Waals surface area contributed by atoms with E-state index in [4.69, 9.17) is 5.14 Å². The number of hydrogen-bond acceptors (Lipinski definition) is 4. The van der Waals surface area contributed by atoms with E-state index in [0.29, 0.717) is 13.1 Å². The van der Waals surface area contributed by atoms with Crippen molar-refractivity contribution in [2.24, 2.45) is 17.0 Å². The highest BCUT2D eigenvalue weighted by Crippen LogP contribution is 2.27. The monoisotopic (exact) mass is 332 g/mol. The summed E-state index contributed by atoms with van der Waals surface area (Å²) < 4.78 is 49.4. The number of primary sulfonamides is 1. The van der Waals surface area contributed by atoms with Crippen molar-refractivity contribution < 1.29 is 16.8 Å². The van der Waals surface area contributed by atoms with Crippen LogP contribution in [-0.2, 0) is 20.0 Å². The van der Waals surface area contributed by atoms with Crippen LogP contribution in [0.1, 0.15) is 20.3 Å². The highest BCUT2D eigenvalue weighted by atomic mass is 32.2. The predicted octanol–water partition coefficient (Wildman–Crippen LogP) is 1.00. The van der Waals surface area contributed by atoms with Gasteiger partial charge < -0.3 is 0 Å². The van der Waals surface area contributed by atoms with Crippen LogP contribution in [0.4, 0.5) is 0 Å². The van der Waals surface area contributed by atoms with Crippen molar-refractivity contribution in [1.82, 2.24) is 4.31 Å². The Bertz CT molecular complexity index is 718. The average Bonchev–Trinajstić information content (AvgIpc) is 2.36. The SMILES string of the molecule is CC1CC(C)CN(S(=O)(=O)c2cccc(S(N)(=O)=O)c2)C1. The standard InChI is InChI=1S/C13H20N2O4S2/c1-10-6-11(2)9-15(8-10)21(18,19)13-5-3-4-12(7-13)20(14,16)17/h3-5,7,10-11H,6,8-9H2,1-2H3,(H2,14,16,17). The Balaban J connectivity index is 2.40. The first kappa shape index (κ1) is 16.4. The molecule has 2 rings (SSSR count). The smallest absolute Gasteiger partial charge is 0.225 e. The number of sulfonamides is 2. The zero-order valence-corrected chi connectivity index (χ0v) is 13.7. The van der Waals surface area contributed by atoms with Crippen molar-refractivity contribution in [2.45, 2.75) is 30.1 Å². The van der Waals surface area contributed by atoms with E-state index < -0.39 is 20.0 Å². The minimum atomic E-state index is -3.92. The van der Waals surface area contributed by atoms with Crippen LogP contribution in [0.3, 0.4) is 0 Å². The van der Waals surface area contributed by atoms with Gasteiger partial charge in [-0.1, -0.05) is 19.9 Å². The molecule has 21 heavy (non-hydrogen) atoms. The lowest BCUT2D eigenvalue weighted by Crippen LogP contribution is -2.42. The molecule has 1 aliphatic rings. The van der Waals surface area contributed by atoms with Crippen molar-refractivity contribution in [3.05, 3.63) is 24.3 Å². The third-order valence-corrected chi connectivity index (χ3v) is 6.35. The zero-order valence-electron chi connectivity index (χ0n) is 12.1. The summed E-state index contributed by atoms with van der Waals surface area (Å²) in [5.41, 5.74) is 0. The highest BCUT2D eigenvalue weighted by molar-refractivity contribution is 7.90. The number of benzene rings is 1. The van der Waals surface area contributed by atoms with Crippen LogP contribution in [0.5, 0.6) is 0 Å². The fourth-order valence-corrected chi connectivity index (χ4v) is 5.12. The molecule has 1 aliphatic heterocycles. The maximum absolute atomic E-state index is 12.6. The molecular weight excluding hydrogens is 312 g/mol. The molecule has 0 saturated carbocycles. The molecule has 2 unspecified atom stereocenters. The molecule has 0 amide bonds. The molecule has 0 radical (unpaired) electrons. The first-order chi connectivity index (χ1) is 9.60. The Labute approximate surface area is 126 Å². The fraction of sp³-hybridized carbons (Fsp3) is 0.538. The van der Waals surface area contributed by atoms with Gasteiger partial charge in [-0.15, -0.1) is 0 Å². The Morgan fingerprint density at radius 3 is 2.10 bits per heavy atom. The molecule has 0 spiro atoms. The van der Waals surface area contributed by atoms with E-state index in [1.54, 1.807) is 0 Å². The van der Waals surface area contributed by atoms with E-state index in [1.165, 1.54) is 22.5 Å². The number of rotatable bonds is 3. The summed E-state index contributed by atoms with van der Waals surface area (Å²) in [7, 11) is -7.62. The Hall–Kier alpha value is -0.960. The second-order valence-electron chi connectivity index (χ2n) is 5.79. The summed E-state index contributed by atoms with van der Waals surface area (Å²) in [5.74, 6) is 0.565. The lowest BCUT2D eigenvalue weighted by atomic mass is 9.94. The Morgan fingerprint density at radius 1 is 1.05 bits per heavy atom. The molecule has 1 saturated heterocycles. The van der Waals surface area contributed by atoms with Crippen LogP contribution in [0.25, 0.3) is 0 Å². The van der Waals surface area contributed by atoms with Crippen LogP contribution in [0.2, 0.25) is 0 Å². The largest absolute Gasteiger partial charge is 0.243 e. The molecule has 118 valence electrons. The maximum Gasteiger partial charge on any atom is 0.243 e. The van der Waals surface area contributed by atoms with Crippen molar-refractivity contribution in [3.63, 3.8) is 0 Å². The van der Waals surface area contributed by atoms with Gasteiger partial charge in [0.1, 0.15) is 0 Å². The topological polar surface area (TPSA) is 97.5 Å². The minimum Gasteiger partial charge on any atom is -0.225 e. The number of hydrogen-bond donors (Lipinski definition) is 1. The third kappa shape index (κ3) is 3.63. The molecule has 6 nitrogen and oxygen atoms in total. The molecule has 1 heterocycles. The Kier molecular flexibility index (Phi) is 4.44. The van der Waals surface area contributed by atoms with Crippen molar-refractivity contribution in [3.8, 4) is 0 Å². The van der Waals surface area contributed by atoms with Gasteiger partial charge in [0.25, 0.3) is 0 Å². The summed E-state index contributed by atoms with van der Waals surface area (Å²) in [4.78, 5) is -0.225. The molecule has 0 aromatic heterocycles. The fourth-order valence-electron chi connectivity index (χ4n) is 2.76. The van der Waals surface area contributed by atoms with E-state index in [2.05, 4.69) is 0 Å². The normalized spacial score (nSPS) is 24.9. The quantitative estimate of drug-likeness (QED) is 0.893. The van der Waals surface area contributed by atoms with Crippen molar-refractivity contribution in [2.75, 3.05) is 13.1 Å². The lowest BCUT2D eigenvalue weighted by molar-refractivity contribution is 0.222. The summed E-state index contributed by atoms with van der Waals surface area (Å²) in [5, 5.41) is 5.06. The second kappa shape index (κ2) is 5.68. The molecule has 1 aromatic rings. The van der Waals surface area contributed by atoms with E-state index in [1.807, 2.05) is 13.8 Å². The van der Waals surface area contributed by atoms with Gasteiger partial charge in [0.2, 0.25) is 20.0 Å². The van der Waals surface area contributed by atoms with Gasteiger partial charge in [0, 0.05) is 13.1 Å². The van der Waals surface area contributed by atoms with Gasteiger partial charge in [-0.2, -0.15) is 4.31 Å². The average molecular weight is 332 g/mol. The molecule has 1 aromatic carbocycles. The van der Waals surface area contributed by atoms with Gasteiger partial charge in [-0.25, -0.2) is 22.0 Å². The van der Waals surface area contributed by atoms with Gasteiger partial charge >= 0.3 is 0 Å². The Morgan fingerprint density at radius 2 is 1.57 bits per heavy atom. The summed E-state index contributed by atoms with van der Waals surface area (Å²) in [6.07, 6.45) is 0.989. The van der Waals surface area contributed by atoms with Gasteiger partial charge in [0.15, 0.2) is 0 Å². The second-order valence-corrected chi connectivity index (χ2v) is 9.29. The third-order valence-electron chi connectivity index (χ3n) is 3.61. The van der Waals surface area contributed by atoms with Crippen LogP contribution in [0, 0.1) is 11.8 Å². The van der Waals surface area contributed by atoms with Gasteiger partial charge in [-0.3, -0.25) is 0 Å². The zero-order chi connectivity index (χ0) is 15.8. The minimum absolute atomic E-state index is 0.0321. The van der Waals surface area contributed by atoms with Crippen LogP contribution in [-0.4, -0.2) is 34.2 Å². The number of piperidine rings is 1. The molecule has 2 N–H and O–H groups in total. The van der Waals surface area contributed by atoms with Gasteiger partial charge in [0.05, 0.1) is 9.79 Å². The summed E-state index contributed by atoms with van der Waals surface area (Å²) in [6, 6.07) is 5.20. The summed E-state index contributed by atoms with van der Waals surface area (Å²) >= 11 is 0. The van der Waals surface area contributed by atoms with E-state index >= 15 is 0 Å². The summed E-state index contributed by atoms with van der Waals surface area (Å²) in [6.45, 7) is 4.93. The predicted molar refractivity (Wildman–Crippen MR) is 79.5 cm³/mol. The first-order valence-electron chi connectivity index (χ1n) is 6.73. The first-order valence-corrected chi connectivity index (χ1v) is 9.72. The van der Waals surface area contributed by atoms with Crippen LogP contribution >= 0.6 is 0 Å². The maximum atomic E-state index is 12.6. The molecule has 0 bridgehead atoms. The molecule has 8 heteroatoms. The number of nitrogens with two attached hydrogens (primary N) is 1. The highest BCUT2D eigenvalue weighted by Gasteiger charge is 2.32. The molecular formula is C13H20N2O4S2. The van der Waals surface area contributed by atoms with E-state index in [-0.39, 0.29) is 21.6 Å². The van der Waals surface area contributed by atoms with Crippen molar-refractivity contribution in [1.29, 1.82) is 0 Å². The van der Waals surface area contributed by atoms with E-state index in [9.17, 15) is 16.8 Å². The lowest BCUT2D eigenvalue weighted by Gasteiger charge is -2.34. The molecule has 0 aliphatic carbocycles. The van der Waals surface area contributed by atoms with Crippen LogP contribution in [0.15, 0.2) is 34.1 Å². The number of nitrogens with zero attached hydrogens (tertiary/aromatic N) is 1. The van der Waals surface area contributed by atoms with Crippen molar-refractivity contribution >= 4 is 20.0 Å².